The maximum Gasteiger partial charge on any atom is 0.252 e. The lowest BCUT2D eigenvalue weighted by atomic mass is 10.1. The summed E-state index contributed by atoms with van der Waals surface area (Å²) in [5.41, 5.74) is 3.40. The molecule has 3 rings (SSSR count). The number of amides is 1. The predicted octanol–water partition coefficient (Wildman–Crippen LogP) is 3.93. The van der Waals surface area contributed by atoms with Gasteiger partial charge in [0.1, 0.15) is 0 Å². The fourth-order valence-electron chi connectivity index (χ4n) is 3.45. The lowest BCUT2D eigenvalue weighted by Crippen LogP contribution is -2.47. The largest absolute Gasteiger partial charge is 0.369 e. The molecule has 4 nitrogen and oxygen atoms in total. The topological polar surface area (TPSA) is 35.6 Å². The first-order chi connectivity index (χ1) is 13.0. The van der Waals surface area contributed by atoms with E-state index in [-0.39, 0.29) is 11.9 Å². The molecule has 0 aliphatic carbocycles. The Hall–Kier alpha value is -1.60. The molecule has 0 aromatic heterocycles. The third kappa shape index (κ3) is 5.69. The molecule has 1 N–H and O–H groups in total. The molecule has 1 atom stereocenters. The van der Waals surface area contributed by atoms with Crippen LogP contribution in [-0.2, 0) is 0 Å². The van der Waals surface area contributed by atoms with Crippen LogP contribution < -0.4 is 10.2 Å². The van der Waals surface area contributed by atoms with E-state index in [1.807, 2.05) is 24.3 Å². The number of rotatable bonds is 6. The molecule has 27 heavy (non-hydrogen) atoms. The van der Waals surface area contributed by atoms with E-state index in [4.69, 9.17) is 0 Å². The Balaban J connectivity index is 1.42. The number of anilines is 1. The van der Waals surface area contributed by atoms with Gasteiger partial charge in [-0.2, -0.15) is 0 Å². The zero-order valence-electron chi connectivity index (χ0n) is 16.1. The van der Waals surface area contributed by atoms with Crippen LogP contribution in [0.15, 0.2) is 48.5 Å². The number of benzene rings is 2. The van der Waals surface area contributed by atoms with Crippen LogP contribution in [0.5, 0.6) is 0 Å². The van der Waals surface area contributed by atoms with Crippen LogP contribution in [0, 0.1) is 10.5 Å². The lowest BCUT2D eigenvalue weighted by Gasteiger charge is -2.36. The molecule has 0 radical (unpaired) electrons. The standard InChI is InChI=1S/C22H28IN3O/c1-17-6-5-7-19(16-17)26-14-12-25(13-15-26)11-10-18(2)24-22(27)20-8-3-4-9-21(20)23/h3-9,16,18H,10-15H2,1-2H3,(H,24,27). The Bertz CT molecular complexity index is 772. The second-order valence-corrected chi connectivity index (χ2v) is 8.47. The molecule has 1 unspecified atom stereocenters. The van der Waals surface area contributed by atoms with E-state index in [2.05, 4.69) is 75.8 Å². The van der Waals surface area contributed by atoms with Gasteiger partial charge < -0.3 is 10.2 Å². The third-order valence-electron chi connectivity index (χ3n) is 5.11. The highest BCUT2D eigenvalue weighted by Crippen LogP contribution is 2.18. The van der Waals surface area contributed by atoms with Gasteiger partial charge in [-0.25, -0.2) is 0 Å². The summed E-state index contributed by atoms with van der Waals surface area (Å²) in [4.78, 5) is 17.4. The van der Waals surface area contributed by atoms with Crippen molar-refractivity contribution in [1.82, 2.24) is 10.2 Å². The average Bonchev–Trinajstić information content (AvgIpc) is 2.67. The van der Waals surface area contributed by atoms with Crippen molar-refractivity contribution in [2.75, 3.05) is 37.6 Å². The molecule has 1 amide bonds. The van der Waals surface area contributed by atoms with Gasteiger partial charge in [-0.05, 0) is 72.7 Å². The molecule has 1 heterocycles. The molecule has 5 heteroatoms. The minimum atomic E-state index is 0.0248. The fourth-order valence-corrected chi connectivity index (χ4v) is 4.08. The van der Waals surface area contributed by atoms with E-state index < -0.39 is 0 Å². The van der Waals surface area contributed by atoms with Gasteiger partial charge >= 0.3 is 0 Å². The van der Waals surface area contributed by atoms with E-state index >= 15 is 0 Å². The number of hydrogen-bond acceptors (Lipinski definition) is 3. The summed E-state index contributed by atoms with van der Waals surface area (Å²) in [6, 6.07) is 16.6. The zero-order chi connectivity index (χ0) is 19.2. The third-order valence-corrected chi connectivity index (χ3v) is 6.05. The summed E-state index contributed by atoms with van der Waals surface area (Å²) in [6.07, 6.45) is 0.972. The molecular weight excluding hydrogens is 449 g/mol. The van der Waals surface area contributed by atoms with Gasteiger partial charge in [-0.15, -0.1) is 0 Å². The van der Waals surface area contributed by atoms with Crippen LogP contribution in [-0.4, -0.2) is 49.6 Å². The number of piperazine rings is 1. The second-order valence-electron chi connectivity index (χ2n) is 7.31. The maximum absolute atomic E-state index is 12.4. The van der Waals surface area contributed by atoms with Crippen LogP contribution in [0.2, 0.25) is 0 Å². The van der Waals surface area contributed by atoms with Crippen molar-refractivity contribution >= 4 is 34.2 Å². The first-order valence-electron chi connectivity index (χ1n) is 9.62. The molecule has 1 fully saturated rings. The first kappa shape index (κ1) is 20.1. The summed E-state index contributed by atoms with van der Waals surface area (Å²) in [5.74, 6) is 0.0248. The summed E-state index contributed by atoms with van der Waals surface area (Å²) < 4.78 is 0.993. The number of aryl methyl sites for hydroxylation is 1. The lowest BCUT2D eigenvalue weighted by molar-refractivity contribution is 0.0934. The van der Waals surface area contributed by atoms with Gasteiger partial charge in [0.05, 0.1) is 5.56 Å². The molecule has 1 aliphatic heterocycles. The molecule has 0 bridgehead atoms. The number of nitrogens with one attached hydrogen (secondary N) is 1. The predicted molar refractivity (Wildman–Crippen MR) is 121 cm³/mol. The van der Waals surface area contributed by atoms with E-state index in [0.29, 0.717) is 0 Å². The molecule has 1 aliphatic rings. The highest BCUT2D eigenvalue weighted by molar-refractivity contribution is 14.1. The molecule has 2 aromatic rings. The second kappa shape index (κ2) is 9.55. The monoisotopic (exact) mass is 477 g/mol. The van der Waals surface area contributed by atoms with Gasteiger partial charge in [0, 0.05) is 48.0 Å². The minimum Gasteiger partial charge on any atom is -0.369 e. The molecule has 144 valence electrons. The average molecular weight is 477 g/mol. The van der Waals surface area contributed by atoms with Crippen LogP contribution in [0.4, 0.5) is 5.69 Å². The molecule has 1 saturated heterocycles. The summed E-state index contributed by atoms with van der Waals surface area (Å²) in [6.45, 7) is 9.53. The summed E-state index contributed by atoms with van der Waals surface area (Å²) in [7, 11) is 0. The summed E-state index contributed by atoms with van der Waals surface area (Å²) >= 11 is 2.21. The Morgan fingerprint density at radius 1 is 1.11 bits per heavy atom. The Labute approximate surface area is 176 Å². The van der Waals surface area contributed by atoms with Gasteiger partial charge in [-0.1, -0.05) is 24.3 Å². The number of halogens is 1. The number of hydrogen-bond donors (Lipinski definition) is 1. The number of nitrogens with zero attached hydrogens (tertiary/aromatic N) is 2. The van der Waals surface area contributed by atoms with E-state index in [1.165, 1.54) is 11.3 Å². The number of carbonyl (C=O) groups is 1. The zero-order valence-corrected chi connectivity index (χ0v) is 18.3. The molecule has 0 saturated carbocycles. The summed E-state index contributed by atoms with van der Waals surface area (Å²) in [5, 5.41) is 3.14. The van der Waals surface area contributed by atoms with E-state index in [0.717, 1.165) is 48.3 Å². The Kier molecular flexibility index (Phi) is 7.13. The van der Waals surface area contributed by atoms with Crippen molar-refractivity contribution < 1.29 is 4.79 Å². The van der Waals surface area contributed by atoms with Gasteiger partial charge in [0.2, 0.25) is 0 Å². The molecule has 2 aromatic carbocycles. The molecular formula is C22H28IN3O. The molecule has 0 spiro atoms. The van der Waals surface area contributed by atoms with Gasteiger partial charge in [0.25, 0.3) is 5.91 Å². The van der Waals surface area contributed by atoms with Crippen LogP contribution >= 0.6 is 22.6 Å². The highest BCUT2D eigenvalue weighted by Gasteiger charge is 2.18. The van der Waals surface area contributed by atoms with Crippen molar-refractivity contribution in [1.29, 1.82) is 0 Å². The van der Waals surface area contributed by atoms with E-state index in [1.54, 1.807) is 0 Å². The van der Waals surface area contributed by atoms with Crippen LogP contribution in [0.3, 0.4) is 0 Å². The normalized spacial score (nSPS) is 16.2. The van der Waals surface area contributed by atoms with Gasteiger partial charge in [-0.3, -0.25) is 9.69 Å². The Morgan fingerprint density at radius 3 is 2.56 bits per heavy atom. The van der Waals surface area contributed by atoms with Crippen LogP contribution in [0.1, 0.15) is 29.3 Å². The van der Waals surface area contributed by atoms with E-state index in [9.17, 15) is 4.79 Å². The van der Waals surface area contributed by atoms with Crippen LogP contribution in [0.25, 0.3) is 0 Å². The number of carbonyl (C=O) groups excluding carboxylic acids is 1. The van der Waals surface area contributed by atoms with Crippen molar-refractivity contribution in [2.45, 2.75) is 26.3 Å². The van der Waals surface area contributed by atoms with Gasteiger partial charge in [0.15, 0.2) is 0 Å². The first-order valence-corrected chi connectivity index (χ1v) is 10.7. The van der Waals surface area contributed by atoms with Crippen molar-refractivity contribution in [3.05, 3.63) is 63.2 Å². The highest BCUT2D eigenvalue weighted by atomic mass is 127. The van der Waals surface area contributed by atoms with Crippen molar-refractivity contribution in [3.63, 3.8) is 0 Å². The minimum absolute atomic E-state index is 0.0248. The van der Waals surface area contributed by atoms with Crippen molar-refractivity contribution in [3.8, 4) is 0 Å². The smallest absolute Gasteiger partial charge is 0.252 e. The Morgan fingerprint density at radius 2 is 1.85 bits per heavy atom. The van der Waals surface area contributed by atoms with Crippen molar-refractivity contribution in [2.24, 2.45) is 0 Å². The SMILES string of the molecule is Cc1cccc(N2CCN(CCC(C)NC(=O)c3ccccc3I)CC2)c1. The fraction of sp³-hybridized carbons (Fsp3) is 0.409. The maximum atomic E-state index is 12.4. The quantitative estimate of drug-likeness (QED) is 0.641.